The van der Waals surface area contributed by atoms with Crippen LogP contribution in [-0.4, -0.2) is 24.0 Å². The zero-order valence-corrected chi connectivity index (χ0v) is 10.3. The number of amides is 1. The Labute approximate surface area is 105 Å². The molecule has 2 aromatic rings. The molecule has 1 atom stereocenters. The van der Waals surface area contributed by atoms with Crippen LogP contribution in [0.4, 0.5) is 5.69 Å². The van der Waals surface area contributed by atoms with Gasteiger partial charge in [0.1, 0.15) is 5.75 Å². The lowest BCUT2D eigenvalue weighted by molar-refractivity contribution is -0.117. The molecule has 1 aromatic carbocycles. The summed E-state index contributed by atoms with van der Waals surface area (Å²) in [5.41, 5.74) is 6.85. The topological polar surface area (TPSA) is 77.2 Å². The van der Waals surface area contributed by atoms with Gasteiger partial charge in [-0.05, 0) is 19.1 Å². The molecule has 0 bridgehead atoms. The number of methoxy groups -OCH3 is 1. The molecule has 0 saturated heterocycles. The number of carbonyl (C=O) groups excluding carboxylic acids is 1. The molecule has 1 heterocycles. The van der Waals surface area contributed by atoms with E-state index in [2.05, 4.69) is 10.3 Å². The van der Waals surface area contributed by atoms with Gasteiger partial charge in [-0.1, -0.05) is 6.07 Å². The third kappa shape index (κ3) is 2.41. The molecule has 94 valence electrons. The fourth-order valence-electron chi connectivity index (χ4n) is 1.62. The first-order valence-corrected chi connectivity index (χ1v) is 5.61. The molecule has 3 N–H and O–H groups in total. The Kier molecular flexibility index (Phi) is 3.43. The second kappa shape index (κ2) is 5.01. The number of benzene rings is 1. The van der Waals surface area contributed by atoms with E-state index < -0.39 is 6.04 Å². The first-order valence-electron chi connectivity index (χ1n) is 5.61. The molecule has 18 heavy (non-hydrogen) atoms. The standard InChI is InChI=1S/C13H15N3O2/c1-8(14)13(17)16-11-7-10(18-2)6-9-4-3-5-15-12(9)11/h3-8H,14H2,1-2H3,(H,16,17). The first kappa shape index (κ1) is 12.3. The maximum atomic E-state index is 11.7. The SMILES string of the molecule is COc1cc(NC(=O)C(C)N)c2ncccc2c1. The van der Waals surface area contributed by atoms with Crippen molar-refractivity contribution < 1.29 is 9.53 Å². The summed E-state index contributed by atoms with van der Waals surface area (Å²) < 4.78 is 5.19. The van der Waals surface area contributed by atoms with Crippen LogP contribution in [0.2, 0.25) is 0 Å². The summed E-state index contributed by atoms with van der Waals surface area (Å²) in [7, 11) is 1.58. The van der Waals surface area contributed by atoms with Crippen molar-refractivity contribution in [3.63, 3.8) is 0 Å². The average molecular weight is 245 g/mol. The van der Waals surface area contributed by atoms with Crippen LogP contribution in [0.25, 0.3) is 10.9 Å². The molecular weight excluding hydrogens is 230 g/mol. The van der Waals surface area contributed by atoms with Crippen molar-refractivity contribution in [3.8, 4) is 5.75 Å². The summed E-state index contributed by atoms with van der Waals surface area (Å²) in [5.74, 6) is 0.408. The molecule has 0 saturated carbocycles. The van der Waals surface area contributed by atoms with Crippen LogP contribution in [0, 0.1) is 0 Å². The Morgan fingerprint density at radius 1 is 1.50 bits per heavy atom. The summed E-state index contributed by atoms with van der Waals surface area (Å²) in [4.78, 5) is 15.9. The van der Waals surface area contributed by atoms with Gasteiger partial charge in [0.05, 0.1) is 24.4 Å². The number of hydrogen-bond donors (Lipinski definition) is 2. The fraction of sp³-hybridized carbons (Fsp3) is 0.231. The van der Waals surface area contributed by atoms with E-state index in [1.54, 1.807) is 26.3 Å². The monoisotopic (exact) mass is 245 g/mol. The molecule has 0 aliphatic carbocycles. The smallest absolute Gasteiger partial charge is 0.241 e. The van der Waals surface area contributed by atoms with Gasteiger partial charge in [-0.15, -0.1) is 0 Å². The number of nitrogens with zero attached hydrogens (tertiary/aromatic N) is 1. The minimum Gasteiger partial charge on any atom is -0.497 e. The highest BCUT2D eigenvalue weighted by Gasteiger charge is 2.11. The minimum atomic E-state index is -0.574. The van der Waals surface area contributed by atoms with E-state index in [9.17, 15) is 4.79 Å². The zero-order chi connectivity index (χ0) is 13.1. The van der Waals surface area contributed by atoms with Crippen LogP contribution < -0.4 is 15.8 Å². The van der Waals surface area contributed by atoms with Gasteiger partial charge in [-0.3, -0.25) is 9.78 Å². The van der Waals surface area contributed by atoms with Gasteiger partial charge in [-0.2, -0.15) is 0 Å². The molecule has 2 rings (SSSR count). The van der Waals surface area contributed by atoms with E-state index in [4.69, 9.17) is 10.5 Å². The van der Waals surface area contributed by atoms with E-state index in [-0.39, 0.29) is 5.91 Å². The highest BCUT2D eigenvalue weighted by molar-refractivity contribution is 6.02. The summed E-state index contributed by atoms with van der Waals surface area (Å²) in [5, 5.41) is 3.65. The average Bonchev–Trinajstić information content (AvgIpc) is 2.38. The van der Waals surface area contributed by atoms with Crippen molar-refractivity contribution in [1.82, 2.24) is 4.98 Å². The Morgan fingerprint density at radius 2 is 2.28 bits per heavy atom. The lowest BCUT2D eigenvalue weighted by Gasteiger charge is -2.11. The van der Waals surface area contributed by atoms with Crippen LogP contribution in [0.15, 0.2) is 30.5 Å². The van der Waals surface area contributed by atoms with E-state index in [1.807, 2.05) is 18.2 Å². The van der Waals surface area contributed by atoms with E-state index in [0.29, 0.717) is 17.0 Å². The zero-order valence-electron chi connectivity index (χ0n) is 10.3. The number of ether oxygens (including phenoxy) is 1. The van der Waals surface area contributed by atoms with Gasteiger partial charge in [0.25, 0.3) is 0 Å². The number of hydrogen-bond acceptors (Lipinski definition) is 4. The summed E-state index contributed by atoms with van der Waals surface area (Å²) in [6, 6.07) is 6.76. The van der Waals surface area contributed by atoms with Crippen molar-refractivity contribution in [2.24, 2.45) is 5.73 Å². The molecule has 0 radical (unpaired) electrons. The maximum Gasteiger partial charge on any atom is 0.241 e. The Morgan fingerprint density at radius 3 is 2.94 bits per heavy atom. The first-order chi connectivity index (χ1) is 8.61. The number of anilines is 1. The molecule has 0 aliphatic rings. The molecule has 1 aromatic heterocycles. The number of fused-ring (bicyclic) bond motifs is 1. The minimum absolute atomic E-state index is 0.254. The van der Waals surface area contributed by atoms with Crippen molar-refractivity contribution in [2.75, 3.05) is 12.4 Å². The Hall–Kier alpha value is -2.14. The summed E-state index contributed by atoms with van der Waals surface area (Å²) in [6.07, 6.45) is 1.68. The summed E-state index contributed by atoms with van der Waals surface area (Å²) in [6.45, 7) is 1.63. The molecule has 1 amide bonds. The predicted octanol–water partition coefficient (Wildman–Crippen LogP) is 1.53. The number of nitrogens with one attached hydrogen (secondary N) is 1. The van der Waals surface area contributed by atoms with Crippen molar-refractivity contribution >= 4 is 22.5 Å². The van der Waals surface area contributed by atoms with Gasteiger partial charge in [0, 0.05) is 17.6 Å². The molecular formula is C13H15N3O2. The van der Waals surface area contributed by atoms with Gasteiger partial charge < -0.3 is 15.8 Å². The molecule has 0 fully saturated rings. The van der Waals surface area contributed by atoms with Crippen molar-refractivity contribution in [3.05, 3.63) is 30.5 Å². The Balaban J connectivity index is 2.50. The van der Waals surface area contributed by atoms with Gasteiger partial charge >= 0.3 is 0 Å². The molecule has 5 nitrogen and oxygen atoms in total. The van der Waals surface area contributed by atoms with Crippen LogP contribution >= 0.6 is 0 Å². The van der Waals surface area contributed by atoms with E-state index >= 15 is 0 Å². The van der Waals surface area contributed by atoms with Gasteiger partial charge in [0.15, 0.2) is 0 Å². The van der Waals surface area contributed by atoms with Crippen LogP contribution in [0.1, 0.15) is 6.92 Å². The third-order valence-electron chi connectivity index (χ3n) is 2.59. The molecule has 0 aliphatic heterocycles. The number of aromatic nitrogens is 1. The Bertz CT molecular complexity index is 581. The largest absolute Gasteiger partial charge is 0.497 e. The summed E-state index contributed by atoms with van der Waals surface area (Å²) >= 11 is 0. The molecule has 5 heteroatoms. The highest BCUT2D eigenvalue weighted by Crippen LogP contribution is 2.27. The van der Waals surface area contributed by atoms with Gasteiger partial charge in [-0.25, -0.2) is 0 Å². The lowest BCUT2D eigenvalue weighted by Crippen LogP contribution is -2.32. The van der Waals surface area contributed by atoms with Crippen molar-refractivity contribution in [2.45, 2.75) is 13.0 Å². The maximum absolute atomic E-state index is 11.7. The van der Waals surface area contributed by atoms with E-state index in [1.165, 1.54) is 0 Å². The number of carbonyl (C=O) groups is 1. The van der Waals surface area contributed by atoms with Gasteiger partial charge in [0.2, 0.25) is 5.91 Å². The third-order valence-corrected chi connectivity index (χ3v) is 2.59. The predicted molar refractivity (Wildman–Crippen MR) is 70.6 cm³/mol. The quantitative estimate of drug-likeness (QED) is 0.859. The fourth-order valence-corrected chi connectivity index (χ4v) is 1.62. The van der Waals surface area contributed by atoms with Crippen LogP contribution in [0.5, 0.6) is 5.75 Å². The van der Waals surface area contributed by atoms with Crippen molar-refractivity contribution in [1.29, 1.82) is 0 Å². The number of rotatable bonds is 3. The molecule has 1 unspecified atom stereocenters. The van der Waals surface area contributed by atoms with Crippen LogP contribution in [-0.2, 0) is 4.79 Å². The number of nitrogens with two attached hydrogens (primary N) is 1. The molecule has 0 spiro atoms. The normalized spacial score (nSPS) is 12.2. The lowest BCUT2D eigenvalue weighted by atomic mass is 10.1. The van der Waals surface area contributed by atoms with E-state index in [0.717, 1.165) is 5.39 Å². The highest BCUT2D eigenvalue weighted by atomic mass is 16.5. The number of pyridine rings is 1. The second-order valence-electron chi connectivity index (χ2n) is 4.03. The second-order valence-corrected chi connectivity index (χ2v) is 4.03. The van der Waals surface area contributed by atoms with Crippen LogP contribution in [0.3, 0.4) is 0 Å².